The van der Waals surface area contributed by atoms with E-state index in [1.54, 1.807) is 13.0 Å². The highest BCUT2D eigenvalue weighted by molar-refractivity contribution is 7.98. The Morgan fingerprint density at radius 3 is 2.68 bits per heavy atom. The molecule has 1 aromatic heterocycles. The van der Waals surface area contributed by atoms with Crippen LogP contribution < -0.4 is 0 Å². The van der Waals surface area contributed by atoms with Crippen molar-refractivity contribution in [1.29, 1.82) is 0 Å². The molecule has 2 rings (SSSR count). The van der Waals surface area contributed by atoms with Crippen molar-refractivity contribution in [1.82, 2.24) is 4.98 Å². The number of carboxylic acids is 1. The van der Waals surface area contributed by atoms with E-state index in [0.29, 0.717) is 17.2 Å². The summed E-state index contributed by atoms with van der Waals surface area (Å²) in [6.45, 7) is 5.57. The molecule has 0 aliphatic rings. The van der Waals surface area contributed by atoms with Crippen molar-refractivity contribution in [2.24, 2.45) is 0 Å². The number of benzene rings is 1. The fraction of sp³-hybridized carbons (Fsp3) is 0.286. The van der Waals surface area contributed by atoms with Gasteiger partial charge in [-0.1, -0.05) is 6.07 Å². The third kappa shape index (κ3) is 3.17. The number of aromatic carboxylic acids is 1. The molecule has 0 saturated carbocycles. The van der Waals surface area contributed by atoms with Crippen LogP contribution in [0.5, 0.6) is 0 Å². The normalized spacial score (nSPS) is 10.7. The molecule has 0 aliphatic heterocycles. The van der Waals surface area contributed by atoms with E-state index in [9.17, 15) is 4.79 Å². The zero-order valence-corrected chi connectivity index (χ0v) is 11.9. The summed E-state index contributed by atoms with van der Waals surface area (Å²) in [6, 6.07) is 5.41. The predicted molar refractivity (Wildman–Crippen MR) is 73.7 cm³/mol. The Hall–Kier alpha value is -1.75. The second-order valence-corrected chi connectivity index (χ2v) is 5.37. The first kappa shape index (κ1) is 13.7. The van der Waals surface area contributed by atoms with E-state index >= 15 is 0 Å². The van der Waals surface area contributed by atoms with E-state index in [2.05, 4.69) is 4.98 Å². The van der Waals surface area contributed by atoms with Crippen LogP contribution in [0.1, 0.15) is 33.3 Å². The van der Waals surface area contributed by atoms with Crippen LogP contribution in [0.25, 0.3) is 0 Å². The summed E-state index contributed by atoms with van der Waals surface area (Å²) in [5.74, 6) is 1.18. The van der Waals surface area contributed by atoms with Gasteiger partial charge >= 0.3 is 5.97 Å². The van der Waals surface area contributed by atoms with Crippen molar-refractivity contribution in [2.45, 2.75) is 31.4 Å². The fourth-order valence-corrected chi connectivity index (χ4v) is 2.45. The molecule has 4 nitrogen and oxygen atoms in total. The Morgan fingerprint density at radius 1 is 1.37 bits per heavy atom. The molecule has 2 aromatic rings. The molecular formula is C14H15NO3S. The Bertz CT molecular complexity index is 600. The molecule has 0 fully saturated rings. The topological polar surface area (TPSA) is 63.3 Å². The SMILES string of the molecule is Cc1ccc(SCc2nc(C)c(C)o2)cc1C(=O)O. The fourth-order valence-electron chi connectivity index (χ4n) is 1.67. The summed E-state index contributed by atoms with van der Waals surface area (Å²) in [4.78, 5) is 16.3. The Kier molecular flexibility index (Phi) is 3.95. The molecule has 100 valence electrons. The number of hydrogen-bond acceptors (Lipinski definition) is 4. The van der Waals surface area contributed by atoms with E-state index in [1.165, 1.54) is 11.8 Å². The zero-order chi connectivity index (χ0) is 14.0. The maximum Gasteiger partial charge on any atom is 0.335 e. The zero-order valence-electron chi connectivity index (χ0n) is 11.1. The third-order valence-electron chi connectivity index (χ3n) is 2.87. The average molecular weight is 277 g/mol. The largest absolute Gasteiger partial charge is 0.478 e. The molecule has 19 heavy (non-hydrogen) atoms. The molecule has 0 radical (unpaired) electrons. The van der Waals surface area contributed by atoms with Crippen LogP contribution in [0.2, 0.25) is 0 Å². The van der Waals surface area contributed by atoms with Crippen molar-refractivity contribution in [3.63, 3.8) is 0 Å². The van der Waals surface area contributed by atoms with Crippen LogP contribution in [-0.4, -0.2) is 16.1 Å². The lowest BCUT2D eigenvalue weighted by Gasteiger charge is -2.04. The summed E-state index contributed by atoms with van der Waals surface area (Å²) in [5, 5.41) is 9.07. The minimum absolute atomic E-state index is 0.338. The molecule has 1 N–H and O–H groups in total. The molecule has 5 heteroatoms. The van der Waals surface area contributed by atoms with E-state index in [4.69, 9.17) is 9.52 Å². The number of carbonyl (C=O) groups is 1. The number of carboxylic acid groups (broad SMARTS) is 1. The van der Waals surface area contributed by atoms with Crippen LogP contribution in [-0.2, 0) is 5.75 Å². The van der Waals surface area contributed by atoms with Gasteiger partial charge in [-0.2, -0.15) is 0 Å². The number of aryl methyl sites for hydroxylation is 3. The van der Waals surface area contributed by atoms with Gasteiger partial charge in [-0.3, -0.25) is 0 Å². The van der Waals surface area contributed by atoms with E-state index < -0.39 is 5.97 Å². The highest BCUT2D eigenvalue weighted by Crippen LogP contribution is 2.25. The lowest BCUT2D eigenvalue weighted by Crippen LogP contribution is -1.99. The minimum atomic E-state index is -0.900. The van der Waals surface area contributed by atoms with Crippen molar-refractivity contribution >= 4 is 17.7 Å². The molecule has 0 saturated heterocycles. The number of aromatic nitrogens is 1. The predicted octanol–water partition coefficient (Wildman–Crippen LogP) is 3.59. The molecule has 0 unspecified atom stereocenters. The smallest absolute Gasteiger partial charge is 0.335 e. The number of rotatable bonds is 4. The van der Waals surface area contributed by atoms with Gasteiger partial charge in [0.2, 0.25) is 5.89 Å². The first-order valence-corrected chi connectivity index (χ1v) is 6.85. The molecule has 0 bridgehead atoms. The quantitative estimate of drug-likeness (QED) is 0.865. The Morgan fingerprint density at radius 2 is 2.11 bits per heavy atom. The lowest BCUT2D eigenvalue weighted by atomic mass is 10.1. The molecule has 1 heterocycles. The van der Waals surface area contributed by atoms with E-state index in [-0.39, 0.29) is 0 Å². The number of hydrogen-bond donors (Lipinski definition) is 1. The summed E-state index contributed by atoms with van der Waals surface area (Å²) < 4.78 is 5.49. The molecular weight excluding hydrogens is 262 g/mol. The minimum Gasteiger partial charge on any atom is -0.478 e. The van der Waals surface area contributed by atoms with Crippen LogP contribution in [0.15, 0.2) is 27.5 Å². The summed E-state index contributed by atoms with van der Waals surface area (Å²) in [5.41, 5.74) is 2.00. The molecule has 0 atom stereocenters. The highest BCUT2D eigenvalue weighted by Gasteiger charge is 2.10. The Balaban J connectivity index is 2.11. The lowest BCUT2D eigenvalue weighted by molar-refractivity contribution is 0.0696. The van der Waals surface area contributed by atoms with Crippen molar-refractivity contribution < 1.29 is 14.3 Å². The van der Waals surface area contributed by atoms with Gasteiger partial charge in [-0.25, -0.2) is 9.78 Å². The molecule has 0 amide bonds. The highest BCUT2D eigenvalue weighted by atomic mass is 32.2. The van der Waals surface area contributed by atoms with Crippen LogP contribution in [0.4, 0.5) is 0 Å². The maximum absolute atomic E-state index is 11.1. The third-order valence-corrected chi connectivity index (χ3v) is 3.85. The summed E-state index contributed by atoms with van der Waals surface area (Å²) in [7, 11) is 0. The van der Waals surface area contributed by atoms with Gasteiger partial charge in [-0.05, 0) is 38.5 Å². The second-order valence-electron chi connectivity index (χ2n) is 4.32. The first-order valence-electron chi connectivity index (χ1n) is 5.87. The van der Waals surface area contributed by atoms with Gasteiger partial charge in [0.15, 0.2) is 0 Å². The van der Waals surface area contributed by atoms with E-state index in [1.807, 2.05) is 26.0 Å². The second kappa shape index (κ2) is 5.48. The Labute approximate surface area is 115 Å². The van der Waals surface area contributed by atoms with Gasteiger partial charge < -0.3 is 9.52 Å². The van der Waals surface area contributed by atoms with E-state index in [0.717, 1.165) is 21.9 Å². The number of oxazole rings is 1. The van der Waals surface area contributed by atoms with Gasteiger partial charge in [0.1, 0.15) is 5.76 Å². The van der Waals surface area contributed by atoms with Crippen molar-refractivity contribution in [3.8, 4) is 0 Å². The number of thioether (sulfide) groups is 1. The van der Waals surface area contributed by atoms with Gasteiger partial charge in [0.05, 0.1) is 17.0 Å². The van der Waals surface area contributed by atoms with Crippen LogP contribution >= 0.6 is 11.8 Å². The van der Waals surface area contributed by atoms with Gasteiger partial charge in [-0.15, -0.1) is 11.8 Å². The van der Waals surface area contributed by atoms with Crippen molar-refractivity contribution in [3.05, 3.63) is 46.7 Å². The van der Waals surface area contributed by atoms with Crippen molar-refractivity contribution in [2.75, 3.05) is 0 Å². The monoisotopic (exact) mass is 277 g/mol. The first-order chi connectivity index (χ1) is 8.97. The summed E-state index contributed by atoms with van der Waals surface area (Å²) in [6.07, 6.45) is 0. The molecule has 1 aromatic carbocycles. The molecule has 0 spiro atoms. The average Bonchev–Trinajstić information content (AvgIpc) is 2.67. The van der Waals surface area contributed by atoms with Crippen LogP contribution in [0, 0.1) is 20.8 Å². The van der Waals surface area contributed by atoms with Gasteiger partial charge in [0, 0.05) is 4.90 Å². The van der Waals surface area contributed by atoms with Crippen LogP contribution in [0.3, 0.4) is 0 Å². The summed E-state index contributed by atoms with van der Waals surface area (Å²) >= 11 is 1.52. The standard InChI is InChI=1S/C14H15NO3S/c1-8-4-5-11(6-12(8)14(16)17)19-7-13-15-9(2)10(3)18-13/h4-6H,7H2,1-3H3,(H,16,17). The number of nitrogens with zero attached hydrogens (tertiary/aromatic N) is 1. The molecule has 0 aliphatic carbocycles. The maximum atomic E-state index is 11.1. The van der Waals surface area contributed by atoms with Gasteiger partial charge in [0.25, 0.3) is 0 Å².